The molecule has 0 heterocycles. The molecule has 8 heteroatoms. The summed E-state index contributed by atoms with van der Waals surface area (Å²) >= 11 is 0. The predicted molar refractivity (Wildman–Crippen MR) is 76.7 cm³/mol. The number of nitrogens with two attached hydrogens (primary N) is 1. The van der Waals surface area contributed by atoms with Crippen LogP contribution in [0.25, 0.3) is 0 Å². The molecule has 0 saturated carbocycles. The number of nitrogen functional groups attached to an aromatic ring is 1. The van der Waals surface area contributed by atoms with Crippen molar-refractivity contribution in [2.45, 2.75) is 4.90 Å². The number of benzene rings is 2. The molecular formula is C13H12N2O5S. The lowest BCUT2D eigenvalue weighted by Crippen LogP contribution is -2.16. The van der Waals surface area contributed by atoms with E-state index in [-0.39, 0.29) is 27.6 Å². The summed E-state index contributed by atoms with van der Waals surface area (Å²) < 4.78 is 26.7. The summed E-state index contributed by atoms with van der Waals surface area (Å²) in [4.78, 5) is 10.7. The Kier molecular flexibility index (Phi) is 3.72. The van der Waals surface area contributed by atoms with Crippen LogP contribution in [0.4, 0.5) is 11.4 Å². The number of aromatic hydroxyl groups is 1. The van der Waals surface area contributed by atoms with Crippen molar-refractivity contribution >= 4 is 27.4 Å². The first-order valence-corrected chi connectivity index (χ1v) is 7.23. The third-order valence-electron chi connectivity index (χ3n) is 2.69. The molecule has 5 N–H and O–H groups in total. The van der Waals surface area contributed by atoms with Crippen LogP contribution >= 0.6 is 0 Å². The van der Waals surface area contributed by atoms with Gasteiger partial charge in [-0.05, 0) is 30.3 Å². The second-order valence-corrected chi connectivity index (χ2v) is 5.83. The minimum absolute atomic E-state index is 0.00159. The van der Waals surface area contributed by atoms with Gasteiger partial charge in [-0.25, -0.2) is 13.2 Å². The van der Waals surface area contributed by atoms with E-state index in [0.29, 0.717) is 0 Å². The maximum Gasteiger partial charge on any atom is 0.337 e. The van der Waals surface area contributed by atoms with Gasteiger partial charge in [0.1, 0.15) is 10.6 Å². The minimum atomic E-state index is -4.09. The fourth-order valence-corrected chi connectivity index (χ4v) is 2.96. The maximum atomic E-state index is 12.2. The number of carboxylic acids is 1. The Labute approximate surface area is 120 Å². The van der Waals surface area contributed by atoms with Crippen molar-refractivity contribution < 1.29 is 23.4 Å². The summed E-state index contributed by atoms with van der Waals surface area (Å²) in [5, 5.41) is 18.3. The first-order valence-electron chi connectivity index (χ1n) is 5.75. The van der Waals surface area contributed by atoms with E-state index in [2.05, 4.69) is 4.72 Å². The van der Waals surface area contributed by atoms with Crippen LogP contribution in [0, 0.1) is 0 Å². The zero-order valence-electron chi connectivity index (χ0n) is 10.6. The van der Waals surface area contributed by atoms with Crippen molar-refractivity contribution in [3.63, 3.8) is 0 Å². The van der Waals surface area contributed by atoms with Gasteiger partial charge < -0.3 is 15.9 Å². The highest BCUT2D eigenvalue weighted by molar-refractivity contribution is 7.92. The number of anilines is 2. The van der Waals surface area contributed by atoms with Gasteiger partial charge in [0.05, 0.1) is 16.9 Å². The van der Waals surface area contributed by atoms with Crippen LogP contribution in [0.3, 0.4) is 0 Å². The number of hydrogen-bond acceptors (Lipinski definition) is 5. The van der Waals surface area contributed by atoms with E-state index in [0.717, 1.165) is 0 Å². The Balaban J connectivity index is 2.43. The van der Waals surface area contributed by atoms with Crippen molar-refractivity contribution in [3.05, 3.63) is 48.0 Å². The van der Waals surface area contributed by atoms with E-state index < -0.39 is 16.0 Å². The van der Waals surface area contributed by atoms with Gasteiger partial charge in [-0.1, -0.05) is 12.1 Å². The highest BCUT2D eigenvalue weighted by atomic mass is 32.2. The van der Waals surface area contributed by atoms with Crippen molar-refractivity contribution in [2.75, 3.05) is 10.5 Å². The summed E-state index contributed by atoms with van der Waals surface area (Å²) in [5.74, 6) is -1.52. The van der Waals surface area contributed by atoms with E-state index in [1.54, 1.807) is 0 Å². The Hall–Kier alpha value is -2.74. The Morgan fingerprint density at radius 2 is 1.81 bits per heavy atom. The van der Waals surface area contributed by atoms with Gasteiger partial charge in [-0.15, -0.1) is 0 Å². The predicted octanol–water partition coefficient (Wildman–Crippen LogP) is 1.47. The number of phenols is 1. The van der Waals surface area contributed by atoms with Gasteiger partial charge >= 0.3 is 5.97 Å². The van der Waals surface area contributed by atoms with E-state index in [1.165, 1.54) is 42.5 Å². The molecule has 0 fully saturated rings. The molecule has 0 bridgehead atoms. The first-order chi connectivity index (χ1) is 9.81. The molecule has 7 nitrogen and oxygen atoms in total. The molecular weight excluding hydrogens is 296 g/mol. The van der Waals surface area contributed by atoms with Crippen LogP contribution in [0.15, 0.2) is 47.4 Å². The summed E-state index contributed by atoms with van der Waals surface area (Å²) in [6.07, 6.45) is 0. The monoisotopic (exact) mass is 308 g/mol. The van der Waals surface area contributed by atoms with Crippen LogP contribution in [0.5, 0.6) is 5.75 Å². The fourth-order valence-electron chi connectivity index (χ4n) is 1.71. The van der Waals surface area contributed by atoms with Gasteiger partial charge in [0, 0.05) is 0 Å². The molecule has 0 radical (unpaired) electrons. The number of sulfonamides is 1. The third kappa shape index (κ3) is 3.06. The highest BCUT2D eigenvalue weighted by Gasteiger charge is 2.22. The summed E-state index contributed by atoms with van der Waals surface area (Å²) in [5.41, 5.74) is 5.26. The van der Waals surface area contributed by atoms with Crippen LogP contribution in [-0.4, -0.2) is 24.6 Å². The summed E-state index contributed by atoms with van der Waals surface area (Å²) in [7, 11) is -4.09. The molecule has 0 unspecified atom stereocenters. The number of carbonyl (C=O) groups is 1. The molecule has 21 heavy (non-hydrogen) atoms. The maximum absolute atomic E-state index is 12.2. The van der Waals surface area contributed by atoms with Crippen LogP contribution in [-0.2, 0) is 10.0 Å². The zero-order chi connectivity index (χ0) is 15.6. The summed E-state index contributed by atoms with van der Waals surface area (Å²) in [6.45, 7) is 0. The van der Waals surface area contributed by atoms with Gasteiger partial charge in [0.25, 0.3) is 10.0 Å². The highest BCUT2D eigenvalue weighted by Crippen LogP contribution is 2.26. The number of hydrogen-bond donors (Lipinski definition) is 4. The Morgan fingerprint density at radius 1 is 1.14 bits per heavy atom. The Morgan fingerprint density at radius 3 is 2.43 bits per heavy atom. The lowest BCUT2D eigenvalue weighted by molar-refractivity contribution is 0.0692. The lowest BCUT2D eigenvalue weighted by atomic mass is 10.2. The minimum Gasteiger partial charge on any atom is -0.506 e. The van der Waals surface area contributed by atoms with Gasteiger partial charge in [0.2, 0.25) is 0 Å². The SMILES string of the molecule is Nc1cc(NS(=O)(=O)c2ccccc2C(=O)O)ccc1O. The number of carboxylic acid groups (broad SMARTS) is 1. The molecule has 0 amide bonds. The standard InChI is InChI=1S/C13H12N2O5S/c14-10-7-8(5-6-11(10)16)15-21(19,20)12-4-2-1-3-9(12)13(17)18/h1-7,15-16H,14H2,(H,17,18). The average Bonchev–Trinajstić information content (AvgIpc) is 2.42. The van der Waals surface area contributed by atoms with E-state index in [1.807, 2.05) is 0 Å². The van der Waals surface area contributed by atoms with E-state index in [9.17, 15) is 18.3 Å². The van der Waals surface area contributed by atoms with E-state index >= 15 is 0 Å². The smallest absolute Gasteiger partial charge is 0.337 e. The van der Waals surface area contributed by atoms with Gasteiger partial charge in [0.15, 0.2) is 0 Å². The second-order valence-electron chi connectivity index (χ2n) is 4.18. The van der Waals surface area contributed by atoms with Crippen molar-refractivity contribution in [3.8, 4) is 5.75 Å². The topological polar surface area (TPSA) is 130 Å². The normalized spacial score (nSPS) is 11.0. The Bertz CT molecular complexity index is 802. The first kappa shape index (κ1) is 14.7. The molecule has 110 valence electrons. The average molecular weight is 308 g/mol. The van der Waals surface area contributed by atoms with Crippen molar-refractivity contribution in [2.24, 2.45) is 0 Å². The molecule has 0 aliphatic heterocycles. The lowest BCUT2D eigenvalue weighted by Gasteiger charge is -2.11. The van der Waals surface area contributed by atoms with Crippen LogP contribution in [0.1, 0.15) is 10.4 Å². The third-order valence-corrected chi connectivity index (χ3v) is 4.13. The quantitative estimate of drug-likeness (QED) is 0.384. The summed E-state index contributed by atoms with van der Waals surface area (Å²) in [6, 6.07) is 9.02. The van der Waals surface area contributed by atoms with Crippen LogP contribution in [0.2, 0.25) is 0 Å². The number of aromatic carboxylic acids is 1. The van der Waals surface area contributed by atoms with Crippen molar-refractivity contribution in [1.29, 1.82) is 0 Å². The number of nitrogens with one attached hydrogen (secondary N) is 1. The number of rotatable bonds is 4. The molecule has 0 saturated heterocycles. The van der Waals surface area contributed by atoms with Gasteiger partial charge in [-0.2, -0.15) is 0 Å². The van der Waals surface area contributed by atoms with E-state index in [4.69, 9.17) is 10.8 Å². The van der Waals surface area contributed by atoms with Crippen LogP contribution < -0.4 is 10.5 Å². The molecule has 0 aliphatic rings. The fraction of sp³-hybridized carbons (Fsp3) is 0. The molecule has 2 aromatic rings. The zero-order valence-corrected chi connectivity index (χ0v) is 11.5. The largest absolute Gasteiger partial charge is 0.506 e. The molecule has 0 aliphatic carbocycles. The molecule has 2 rings (SSSR count). The molecule has 2 aromatic carbocycles. The van der Waals surface area contributed by atoms with Crippen molar-refractivity contribution in [1.82, 2.24) is 0 Å². The molecule has 0 spiro atoms. The molecule has 0 aromatic heterocycles. The van der Waals surface area contributed by atoms with Gasteiger partial charge in [-0.3, -0.25) is 4.72 Å². The molecule has 0 atom stereocenters. The second kappa shape index (κ2) is 5.33. The number of phenolic OH excluding ortho intramolecular Hbond substituents is 1.